The van der Waals surface area contributed by atoms with E-state index in [1.54, 1.807) is 6.92 Å². The Morgan fingerprint density at radius 2 is 1.97 bits per heavy atom. The summed E-state index contributed by atoms with van der Waals surface area (Å²) in [6.07, 6.45) is 2.02. The third-order valence-corrected chi connectivity index (χ3v) is 6.13. The summed E-state index contributed by atoms with van der Waals surface area (Å²) in [5.41, 5.74) is -0.205. The largest absolute Gasteiger partial charge is 0.469 e. The highest BCUT2D eigenvalue weighted by Gasteiger charge is 2.37. The number of likely N-dealkylation sites (tertiary alicyclic amines) is 1. The predicted octanol–water partition coefficient (Wildman–Crippen LogP) is 1.55. The Hall–Kier alpha value is -2.69. The number of anilines is 1. The van der Waals surface area contributed by atoms with E-state index in [0.717, 1.165) is 16.6 Å². The lowest BCUT2D eigenvalue weighted by Crippen LogP contribution is -2.52. The van der Waals surface area contributed by atoms with Gasteiger partial charge in [0.2, 0.25) is 15.9 Å². The fraction of sp³-hybridized carbons (Fsp3) is 0.556. The van der Waals surface area contributed by atoms with E-state index in [2.05, 4.69) is 0 Å². The molecule has 1 aromatic carbocycles. The summed E-state index contributed by atoms with van der Waals surface area (Å²) in [7, 11) is -2.58. The number of carbonyl (C=O) groups is 2. The van der Waals surface area contributed by atoms with E-state index >= 15 is 0 Å². The van der Waals surface area contributed by atoms with Gasteiger partial charge in [-0.05, 0) is 25.3 Å². The summed E-state index contributed by atoms with van der Waals surface area (Å²) in [4.78, 5) is 36.8. The number of hydrogen-bond acceptors (Lipinski definition) is 7. The van der Waals surface area contributed by atoms with Crippen molar-refractivity contribution in [1.29, 1.82) is 0 Å². The number of non-ortho nitro benzene ring substituents is 1. The van der Waals surface area contributed by atoms with Crippen LogP contribution in [0, 0.1) is 16.0 Å². The van der Waals surface area contributed by atoms with Crippen LogP contribution < -0.4 is 4.31 Å². The predicted molar refractivity (Wildman–Crippen MR) is 106 cm³/mol. The molecule has 0 aliphatic carbocycles. The average Bonchev–Trinajstić information content (AvgIpc) is 2.70. The minimum atomic E-state index is -3.89. The molecule has 1 aromatic rings. The second kappa shape index (κ2) is 9.21. The molecule has 0 N–H and O–H groups in total. The van der Waals surface area contributed by atoms with Crippen molar-refractivity contribution in [3.05, 3.63) is 34.4 Å². The third kappa shape index (κ3) is 5.22. The number of carbonyl (C=O) groups excluding carboxylic acids is 2. The van der Waals surface area contributed by atoms with E-state index in [9.17, 15) is 28.1 Å². The van der Waals surface area contributed by atoms with Crippen LogP contribution in [0.2, 0.25) is 0 Å². The van der Waals surface area contributed by atoms with Crippen molar-refractivity contribution < 1.29 is 27.7 Å². The topological polar surface area (TPSA) is 127 Å². The van der Waals surface area contributed by atoms with Gasteiger partial charge >= 0.3 is 5.97 Å². The van der Waals surface area contributed by atoms with E-state index in [4.69, 9.17) is 4.74 Å². The lowest BCUT2D eigenvalue weighted by Gasteiger charge is -2.37. The smallest absolute Gasteiger partial charge is 0.308 e. The molecule has 10 nitrogen and oxygen atoms in total. The van der Waals surface area contributed by atoms with Gasteiger partial charge in [0.1, 0.15) is 6.04 Å². The number of methoxy groups -OCH3 is 1. The van der Waals surface area contributed by atoms with Crippen molar-refractivity contribution in [2.75, 3.05) is 30.8 Å². The quantitative estimate of drug-likeness (QED) is 0.367. The summed E-state index contributed by atoms with van der Waals surface area (Å²) in [5, 5.41) is 11.1. The first-order chi connectivity index (χ1) is 13.6. The Balaban J connectivity index is 2.30. The van der Waals surface area contributed by atoms with Crippen LogP contribution in [0.4, 0.5) is 11.4 Å². The number of amides is 1. The molecular weight excluding hydrogens is 402 g/mol. The first-order valence-corrected chi connectivity index (χ1v) is 11.1. The van der Waals surface area contributed by atoms with Crippen LogP contribution in [-0.4, -0.2) is 62.6 Å². The summed E-state index contributed by atoms with van der Waals surface area (Å²) < 4.78 is 30.7. The van der Waals surface area contributed by atoms with Gasteiger partial charge in [-0.2, -0.15) is 0 Å². The second-order valence-corrected chi connectivity index (χ2v) is 8.74. The molecule has 1 saturated heterocycles. The highest BCUT2D eigenvalue weighted by Crippen LogP contribution is 2.28. The van der Waals surface area contributed by atoms with Crippen LogP contribution >= 0.6 is 0 Å². The van der Waals surface area contributed by atoms with Crippen molar-refractivity contribution in [2.24, 2.45) is 5.92 Å². The van der Waals surface area contributed by atoms with E-state index in [0.29, 0.717) is 25.9 Å². The molecule has 11 heteroatoms. The molecule has 160 valence electrons. The van der Waals surface area contributed by atoms with Crippen LogP contribution in [-0.2, 0) is 24.3 Å². The van der Waals surface area contributed by atoms with Crippen LogP contribution in [0.5, 0.6) is 0 Å². The van der Waals surface area contributed by atoms with Crippen molar-refractivity contribution in [3.63, 3.8) is 0 Å². The van der Waals surface area contributed by atoms with Gasteiger partial charge < -0.3 is 9.64 Å². The van der Waals surface area contributed by atoms with Crippen LogP contribution in [0.15, 0.2) is 24.3 Å². The minimum Gasteiger partial charge on any atom is -0.469 e. The van der Waals surface area contributed by atoms with Crippen molar-refractivity contribution in [2.45, 2.75) is 32.2 Å². The molecule has 2 rings (SSSR count). The van der Waals surface area contributed by atoms with Crippen LogP contribution in [0.25, 0.3) is 0 Å². The highest BCUT2D eigenvalue weighted by molar-refractivity contribution is 7.92. The number of piperidine rings is 1. The summed E-state index contributed by atoms with van der Waals surface area (Å²) in [6.45, 7) is 2.29. The Morgan fingerprint density at radius 1 is 1.34 bits per heavy atom. The zero-order valence-corrected chi connectivity index (χ0v) is 17.4. The Labute approximate surface area is 169 Å². The van der Waals surface area contributed by atoms with Crippen LogP contribution in [0.3, 0.4) is 0 Å². The Bertz CT molecular complexity index is 879. The first kappa shape index (κ1) is 22.6. The number of benzene rings is 1. The monoisotopic (exact) mass is 427 g/mol. The van der Waals surface area contributed by atoms with Gasteiger partial charge in [-0.3, -0.25) is 24.0 Å². The average molecular weight is 427 g/mol. The van der Waals surface area contributed by atoms with E-state index in [1.807, 2.05) is 0 Å². The summed E-state index contributed by atoms with van der Waals surface area (Å²) in [6, 6.07) is 4.16. The molecule has 1 aliphatic heterocycles. The molecule has 0 radical (unpaired) electrons. The second-order valence-electron chi connectivity index (χ2n) is 6.88. The number of nitro groups is 1. The third-order valence-electron chi connectivity index (χ3n) is 4.95. The lowest BCUT2D eigenvalue weighted by atomic mass is 9.96. The number of nitro benzene ring substituents is 1. The maximum atomic E-state index is 13.1. The number of hydrogen-bond donors (Lipinski definition) is 0. The standard InChI is InChI=1S/C18H25N3O7S/c1-4-16(17(22)19-10-8-13(9-11-19)18(23)28-2)20(29(3,26)27)14-6-5-7-15(12-14)21(24)25/h5-7,12-13,16H,4,8-11H2,1-3H3/t16-/m0/s1. The molecule has 0 saturated carbocycles. The SMILES string of the molecule is CC[C@@H](C(=O)N1CCC(C(=O)OC)CC1)N(c1cccc([N+](=O)[O-])c1)S(C)(=O)=O. The molecule has 29 heavy (non-hydrogen) atoms. The van der Waals surface area contributed by atoms with Gasteiger partial charge in [0.25, 0.3) is 5.69 Å². The summed E-state index contributed by atoms with van der Waals surface area (Å²) >= 11 is 0. The minimum absolute atomic E-state index is 0.0614. The van der Waals surface area contributed by atoms with E-state index < -0.39 is 26.9 Å². The van der Waals surface area contributed by atoms with Gasteiger partial charge in [-0.25, -0.2) is 8.42 Å². The van der Waals surface area contributed by atoms with Crippen LogP contribution in [0.1, 0.15) is 26.2 Å². The van der Waals surface area contributed by atoms with Crippen molar-refractivity contribution in [1.82, 2.24) is 4.90 Å². The van der Waals surface area contributed by atoms with Gasteiger partial charge in [0.05, 0.1) is 29.9 Å². The van der Waals surface area contributed by atoms with E-state index in [-0.39, 0.29) is 29.7 Å². The number of rotatable bonds is 7. The van der Waals surface area contributed by atoms with Crippen molar-refractivity contribution in [3.8, 4) is 0 Å². The molecule has 0 bridgehead atoms. The molecule has 1 atom stereocenters. The van der Waals surface area contributed by atoms with Gasteiger partial charge in [0, 0.05) is 25.2 Å². The molecule has 1 heterocycles. The fourth-order valence-electron chi connectivity index (χ4n) is 3.50. The van der Waals surface area contributed by atoms with Gasteiger partial charge in [-0.15, -0.1) is 0 Å². The molecular formula is C18H25N3O7S. The Kier molecular flexibility index (Phi) is 7.17. The number of esters is 1. The fourth-order valence-corrected chi connectivity index (χ4v) is 4.70. The van der Waals surface area contributed by atoms with Gasteiger partial charge in [0.15, 0.2) is 0 Å². The normalized spacial score (nSPS) is 16.2. The summed E-state index contributed by atoms with van der Waals surface area (Å²) in [5.74, 6) is -1.00. The molecule has 0 aromatic heterocycles. The highest BCUT2D eigenvalue weighted by atomic mass is 32.2. The number of sulfonamides is 1. The van der Waals surface area contributed by atoms with Crippen molar-refractivity contribution >= 4 is 33.3 Å². The van der Waals surface area contributed by atoms with Gasteiger partial charge in [-0.1, -0.05) is 13.0 Å². The number of nitrogens with zero attached hydrogens (tertiary/aromatic N) is 3. The zero-order valence-electron chi connectivity index (χ0n) is 16.6. The molecule has 1 aliphatic rings. The molecule has 0 spiro atoms. The first-order valence-electron chi connectivity index (χ1n) is 9.20. The maximum Gasteiger partial charge on any atom is 0.308 e. The molecule has 1 fully saturated rings. The maximum absolute atomic E-state index is 13.1. The zero-order chi connectivity index (χ0) is 21.8. The Morgan fingerprint density at radius 3 is 2.45 bits per heavy atom. The molecule has 0 unspecified atom stereocenters. The van der Waals surface area contributed by atoms with E-state index in [1.165, 1.54) is 30.2 Å². The molecule has 1 amide bonds. The lowest BCUT2D eigenvalue weighted by molar-refractivity contribution is -0.384. The number of ether oxygens (including phenoxy) is 1.